The lowest BCUT2D eigenvalue weighted by Gasteiger charge is -2.14. The minimum atomic E-state index is -0.729. The van der Waals surface area contributed by atoms with Gasteiger partial charge >= 0.3 is 5.97 Å². The molecule has 0 saturated carbocycles. The van der Waals surface area contributed by atoms with Gasteiger partial charge in [-0.15, -0.1) is 0 Å². The van der Waals surface area contributed by atoms with Crippen LogP contribution in [0, 0.1) is 0 Å². The summed E-state index contributed by atoms with van der Waals surface area (Å²) in [7, 11) is 0. The molecule has 0 spiro atoms. The first kappa shape index (κ1) is 17.0. The highest BCUT2D eigenvalue weighted by Gasteiger charge is 2.26. The molecule has 1 fully saturated rings. The molecule has 1 aromatic rings. The zero-order valence-electron chi connectivity index (χ0n) is 11.2. The van der Waals surface area contributed by atoms with E-state index < -0.39 is 18.5 Å². The van der Waals surface area contributed by atoms with Crippen LogP contribution in [0.4, 0.5) is 0 Å². The molecule has 10 heteroatoms. The molecule has 1 aliphatic rings. The van der Waals surface area contributed by atoms with Crippen LogP contribution in [-0.4, -0.2) is 52.5 Å². The van der Waals surface area contributed by atoms with Crippen molar-refractivity contribution in [3.05, 3.63) is 22.6 Å². The molecule has 2 rings (SSSR count). The van der Waals surface area contributed by atoms with Crippen molar-refractivity contribution >= 4 is 62.0 Å². The molecule has 0 aliphatic carbocycles. The Hall–Kier alpha value is -1.39. The van der Waals surface area contributed by atoms with Gasteiger partial charge in [0.25, 0.3) is 5.91 Å². The lowest BCUT2D eigenvalue weighted by Crippen LogP contribution is -2.38. The summed E-state index contributed by atoms with van der Waals surface area (Å²) < 4.78 is 10.7. The number of thiocarbonyl (C=S) groups is 1. The second-order valence-corrected chi connectivity index (χ2v) is 6.52. The monoisotopic (exact) mass is 406 g/mol. The van der Waals surface area contributed by atoms with Gasteiger partial charge in [0.15, 0.2) is 11.3 Å². The van der Waals surface area contributed by atoms with Gasteiger partial charge in [-0.05, 0) is 28.1 Å². The van der Waals surface area contributed by atoms with Crippen molar-refractivity contribution in [3.63, 3.8) is 0 Å². The second-order valence-electron chi connectivity index (χ2n) is 4.13. The molecule has 2 heterocycles. The number of furan rings is 1. The number of amides is 2. The Morgan fingerprint density at radius 1 is 1.50 bits per heavy atom. The summed E-state index contributed by atoms with van der Waals surface area (Å²) in [6.45, 7) is 0.106. The molecule has 0 aromatic carbocycles. The third-order valence-electron chi connectivity index (χ3n) is 2.61. The fourth-order valence-corrected chi connectivity index (χ4v) is 3.01. The summed E-state index contributed by atoms with van der Waals surface area (Å²) in [5.41, 5.74) is 0. The van der Waals surface area contributed by atoms with Gasteiger partial charge in [-0.1, -0.05) is 24.0 Å². The van der Waals surface area contributed by atoms with E-state index in [1.807, 2.05) is 0 Å². The minimum absolute atomic E-state index is 0.00436. The Morgan fingerprint density at radius 2 is 2.27 bits per heavy atom. The van der Waals surface area contributed by atoms with Crippen LogP contribution in [-0.2, 0) is 14.3 Å². The third kappa shape index (κ3) is 4.55. The van der Waals surface area contributed by atoms with Gasteiger partial charge < -0.3 is 14.5 Å². The van der Waals surface area contributed by atoms with E-state index in [0.29, 0.717) is 21.3 Å². The molecule has 7 nitrogen and oxygen atoms in total. The SMILES string of the molecule is O=C(COC(=O)c1ccc(Br)o1)NCCN1C(=O)CSC1=S. The largest absolute Gasteiger partial charge is 0.450 e. The first-order valence-corrected chi connectivity index (χ1v) is 8.32. The van der Waals surface area contributed by atoms with Crippen molar-refractivity contribution in [3.8, 4) is 0 Å². The summed E-state index contributed by atoms with van der Waals surface area (Å²) in [6, 6.07) is 2.98. The minimum Gasteiger partial charge on any atom is -0.450 e. The number of hydrogen-bond acceptors (Lipinski definition) is 7. The highest BCUT2D eigenvalue weighted by atomic mass is 79.9. The van der Waals surface area contributed by atoms with Crippen molar-refractivity contribution in [1.29, 1.82) is 0 Å². The summed E-state index contributed by atoms with van der Waals surface area (Å²) >= 11 is 9.37. The van der Waals surface area contributed by atoms with Crippen molar-refractivity contribution < 1.29 is 23.5 Å². The van der Waals surface area contributed by atoms with Crippen LogP contribution in [0.15, 0.2) is 21.2 Å². The van der Waals surface area contributed by atoms with Crippen molar-refractivity contribution in [1.82, 2.24) is 10.2 Å². The number of thioether (sulfide) groups is 1. The van der Waals surface area contributed by atoms with Crippen molar-refractivity contribution in [2.45, 2.75) is 0 Å². The molecule has 22 heavy (non-hydrogen) atoms. The van der Waals surface area contributed by atoms with Crippen LogP contribution >= 0.6 is 39.9 Å². The Bertz CT molecular complexity index is 602. The molecule has 2 amide bonds. The van der Waals surface area contributed by atoms with E-state index in [2.05, 4.69) is 21.2 Å². The van der Waals surface area contributed by atoms with Gasteiger partial charge in [-0.3, -0.25) is 14.5 Å². The van der Waals surface area contributed by atoms with Crippen LogP contribution in [0.1, 0.15) is 10.6 Å². The number of rotatable bonds is 6. The van der Waals surface area contributed by atoms with Gasteiger partial charge in [0.05, 0.1) is 5.75 Å². The Kier molecular flexibility index (Phi) is 5.98. The van der Waals surface area contributed by atoms with Crippen molar-refractivity contribution in [2.75, 3.05) is 25.4 Å². The van der Waals surface area contributed by atoms with Crippen LogP contribution < -0.4 is 5.32 Å². The zero-order valence-corrected chi connectivity index (χ0v) is 14.4. The van der Waals surface area contributed by atoms with Crippen molar-refractivity contribution in [2.24, 2.45) is 0 Å². The van der Waals surface area contributed by atoms with Crippen LogP contribution in [0.2, 0.25) is 0 Å². The Morgan fingerprint density at radius 3 is 2.86 bits per heavy atom. The summed E-state index contributed by atoms with van der Waals surface area (Å²) in [4.78, 5) is 36.0. The quantitative estimate of drug-likeness (QED) is 0.560. The number of nitrogens with zero attached hydrogens (tertiary/aromatic N) is 1. The van der Waals surface area contributed by atoms with E-state index in [4.69, 9.17) is 21.4 Å². The molecular weight excluding hydrogens is 396 g/mol. The predicted octanol–water partition coefficient (Wildman–Crippen LogP) is 1.18. The molecule has 0 atom stereocenters. The van der Waals surface area contributed by atoms with Crippen LogP contribution in [0.3, 0.4) is 0 Å². The average Bonchev–Trinajstić information content (AvgIpc) is 3.05. The third-order valence-corrected chi connectivity index (χ3v) is 4.47. The molecule has 1 N–H and O–H groups in total. The summed E-state index contributed by atoms with van der Waals surface area (Å²) in [5.74, 6) is -0.926. The number of esters is 1. The number of halogens is 1. The van der Waals surface area contributed by atoms with Gasteiger partial charge in [-0.25, -0.2) is 4.79 Å². The lowest BCUT2D eigenvalue weighted by atomic mass is 10.4. The summed E-state index contributed by atoms with van der Waals surface area (Å²) in [5, 5.41) is 2.54. The molecular formula is C12H11BrN2O5S2. The normalized spacial score (nSPS) is 14.3. The Labute approximate surface area is 143 Å². The molecule has 0 unspecified atom stereocenters. The van der Waals surface area contributed by atoms with Crippen LogP contribution in [0.25, 0.3) is 0 Å². The fourth-order valence-electron chi connectivity index (χ4n) is 1.58. The maximum absolute atomic E-state index is 11.6. The lowest BCUT2D eigenvalue weighted by molar-refractivity contribution is -0.126. The number of nitrogens with one attached hydrogen (secondary N) is 1. The number of carbonyl (C=O) groups is 3. The standard InChI is InChI=1S/C12H11BrN2O5S2/c13-8-2-1-7(20-8)11(18)19-5-9(16)14-3-4-15-10(17)6-22-12(15)21/h1-2H,3-6H2,(H,14,16). The van der Waals surface area contributed by atoms with Gasteiger partial charge in [-0.2, -0.15) is 0 Å². The number of carbonyl (C=O) groups excluding carboxylic acids is 3. The topological polar surface area (TPSA) is 88.8 Å². The maximum Gasteiger partial charge on any atom is 0.374 e. The molecule has 1 saturated heterocycles. The maximum atomic E-state index is 11.6. The van der Waals surface area contributed by atoms with Crippen LogP contribution in [0.5, 0.6) is 0 Å². The van der Waals surface area contributed by atoms with Gasteiger partial charge in [0.1, 0.15) is 4.32 Å². The van der Waals surface area contributed by atoms with E-state index in [-0.39, 0.29) is 18.2 Å². The zero-order chi connectivity index (χ0) is 16.1. The fraction of sp³-hybridized carbons (Fsp3) is 0.333. The highest BCUT2D eigenvalue weighted by molar-refractivity contribution is 9.10. The van der Waals surface area contributed by atoms with Gasteiger partial charge in [0, 0.05) is 13.1 Å². The van der Waals surface area contributed by atoms with E-state index in [1.165, 1.54) is 22.7 Å². The highest BCUT2D eigenvalue weighted by Crippen LogP contribution is 2.18. The first-order chi connectivity index (χ1) is 10.5. The average molecular weight is 407 g/mol. The van der Waals surface area contributed by atoms with Gasteiger partial charge in [0.2, 0.25) is 11.7 Å². The molecule has 0 radical (unpaired) electrons. The number of hydrogen-bond donors (Lipinski definition) is 1. The molecule has 1 aromatic heterocycles. The van der Waals surface area contributed by atoms with E-state index in [0.717, 1.165) is 0 Å². The molecule has 118 valence electrons. The Balaban J connectivity index is 1.67. The smallest absolute Gasteiger partial charge is 0.374 e. The molecule has 1 aliphatic heterocycles. The van der Waals surface area contributed by atoms with E-state index in [9.17, 15) is 14.4 Å². The number of ether oxygens (including phenoxy) is 1. The summed E-state index contributed by atoms with van der Waals surface area (Å²) in [6.07, 6.45) is 0. The second kappa shape index (κ2) is 7.75. The predicted molar refractivity (Wildman–Crippen MR) is 86.5 cm³/mol. The first-order valence-electron chi connectivity index (χ1n) is 6.13. The molecule has 0 bridgehead atoms. The van der Waals surface area contributed by atoms with E-state index >= 15 is 0 Å². The van der Waals surface area contributed by atoms with E-state index in [1.54, 1.807) is 6.07 Å².